The zero-order chi connectivity index (χ0) is 8.27. The highest BCUT2D eigenvalue weighted by atomic mass is 16.7. The standard InChI is InChI=1S/C7H6O4/c8-5-1-3-6(4-2-5)11-7(9)10/h1-4,8H,(H,9,10)/p-1. The highest BCUT2D eigenvalue weighted by Gasteiger charge is 1.96. The third-order valence-electron chi connectivity index (χ3n) is 1.03. The van der Waals surface area contributed by atoms with Crippen molar-refractivity contribution in [3.05, 3.63) is 24.3 Å². The fraction of sp³-hybridized carbons (Fsp3) is 0. The molecule has 58 valence electrons. The Morgan fingerprint density at radius 3 is 2.36 bits per heavy atom. The number of hydrogen-bond acceptors (Lipinski definition) is 3. The average Bonchev–Trinajstić information content (AvgIpc) is 1.93. The number of hydrogen-bond donors (Lipinski definition) is 1. The number of ether oxygens (including phenoxy) is 1. The average molecular weight is 153 g/mol. The SMILES string of the molecule is O=C(O)Oc1ccc([O-])cc1. The molecule has 4 nitrogen and oxygen atoms in total. The van der Waals surface area contributed by atoms with Crippen molar-refractivity contribution < 1.29 is 19.7 Å². The van der Waals surface area contributed by atoms with Gasteiger partial charge in [0, 0.05) is 0 Å². The Morgan fingerprint density at radius 2 is 1.91 bits per heavy atom. The van der Waals surface area contributed by atoms with Crippen LogP contribution in [0.2, 0.25) is 0 Å². The second-order valence-corrected chi connectivity index (χ2v) is 1.84. The van der Waals surface area contributed by atoms with E-state index in [1.54, 1.807) is 0 Å². The van der Waals surface area contributed by atoms with Gasteiger partial charge in [0.2, 0.25) is 0 Å². The molecule has 0 amide bonds. The molecule has 0 saturated carbocycles. The quantitative estimate of drug-likeness (QED) is 0.479. The van der Waals surface area contributed by atoms with Crippen molar-refractivity contribution in [2.45, 2.75) is 0 Å². The summed E-state index contributed by atoms with van der Waals surface area (Å²) in [6, 6.07) is 5.07. The highest BCUT2D eigenvalue weighted by molar-refractivity contribution is 5.61. The minimum atomic E-state index is -1.39. The molecule has 0 fully saturated rings. The van der Waals surface area contributed by atoms with Gasteiger partial charge in [-0.2, -0.15) is 0 Å². The van der Waals surface area contributed by atoms with Gasteiger partial charge in [0.05, 0.1) is 0 Å². The summed E-state index contributed by atoms with van der Waals surface area (Å²) in [5, 5.41) is 18.6. The first-order valence-electron chi connectivity index (χ1n) is 2.86. The van der Waals surface area contributed by atoms with Gasteiger partial charge in [-0.1, -0.05) is 12.1 Å². The van der Waals surface area contributed by atoms with Crippen LogP contribution in [0.4, 0.5) is 4.79 Å². The summed E-state index contributed by atoms with van der Waals surface area (Å²) in [7, 11) is 0. The van der Waals surface area contributed by atoms with Crippen LogP contribution in [0, 0.1) is 0 Å². The fourth-order valence-electron chi connectivity index (χ4n) is 0.609. The van der Waals surface area contributed by atoms with Crippen molar-refractivity contribution in [1.29, 1.82) is 0 Å². The molecular weight excluding hydrogens is 148 g/mol. The highest BCUT2D eigenvalue weighted by Crippen LogP contribution is 2.13. The number of carbonyl (C=O) groups is 1. The predicted molar refractivity (Wildman–Crippen MR) is 34.5 cm³/mol. The zero-order valence-electron chi connectivity index (χ0n) is 5.48. The molecule has 1 aromatic rings. The zero-order valence-corrected chi connectivity index (χ0v) is 5.48. The number of benzene rings is 1. The Kier molecular flexibility index (Phi) is 1.96. The van der Waals surface area contributed by atoms with Gasteiger partial charge >= 0.3 is 6.16 Å². The van der Waals surface area contributed by atoms with Crippen molar-refractivity contribution >= 4 is 6.16 Å². The lowest BCUT2D eigenvalue weighted by molar-refractivity contribution is -0.268. The van der Waals surface area contributed by atoms with Crippen molar-refractivity contribution in [3.63, 3.8) is 0 Å². The molecule has 0 bridgehead atoms. The van der Waals surface area contributed by atoms with Crippen LogP contribution in [0.5, 0.6) is 11.5 Å². The van der Waals surface area contributed by atoms with E-state index >= 15 is 0 Å². The van der Waals surface area contributed by atoms with Crippen molar-refractivity contribution in [2.24, 2.45) is 0 Å². The monoisotopic (exact) mass is 153 g/mol. The molecular formula is C7H5O4-. The Morgan fingerprint density at radius 1 is 1.36 bits per heavy atom. The van der Waals surface area contributed by atoms with Crippen molar-refractivity contribution in [3.8, 4) is 11.5 Å². The van der Waals surface area contributed by atoms with Crippen molar-refractivity contribution in [2.75, 3.05) is 0 Å². The van der Waals surface area contributed by atoms with Gasteiger partial charge < -0.3 is 14.9 Å². The maximum absolute atomic E-state index is 10.5. The van der Waals surface area contributed by atoms with Crippen LogP contribution in [-0.4, -0.2) is 11.3 Å². The Bertz CT molecular complexity index is 252. The molecule has 1 aromatic carbocycles. The summed E-state index contributed by atoms with van der Waals surface area (Å²) in [5.74, 6) is -0.0279. The molecule has 1 rings (SSSR count). The van der Waals surface area contributed by atoms with Crippen LogP contribution in [0.1, 0.15) is 0 Å². The van der Waals surface area contributed by atoms with E-state index < -0.39 is 6.16 Å². The Labute approximate surface area is 62.7 Å². The second-order valence-electron chi connectivity index (χ2n) is 1.84. The van der Waals surface area contributed by atoms with E-state index in [0.717, 1.165) is 0 Å². The van der Waals surface area contributed by atoms with Gasteiger partial charge in [0.1, 0.15) is 5.75 Å². The topological polar surface area (TPSA) is 69.6 Å². The molecule has 0 atom stereocenters. The van der Waals surface area contributed by atoms with Gasteiger partial charge in [0.25, 0.3) is 0 Å². The van der Waals surface area contributed by atoms with Crippen LogP contribution in [0.15, 0.2) is 24.3 Å². The van der Waals surface area contributed by atoms with E-state index in [1.807, 2.05) is 0 Å². The number of rotatable bonds is 1. The minimum absolute atomic E-state index is 0.150. The number of carboxylic acid groups (broad SMARTS) is 1. The molecule has 1 N–H and O–H groups in total. The molecule has 0 aliphatic heterocycles. The van der Waals surface area contributed by atoms with Crippen molar-refractivity contribution in [1.82, 2.24) is 0 Å². The molecule has 4 heteroatoms. The van der Waals surface area contributed by atoms with E-state index in [4.69, 9.17) is 5.11 Å². The van der Waals surface area contributed by atoms with E-state index in [2.05, 4.69) is 4.74 Å². The molecule has 0 heterocycles. The van der Waals surface area contributed by atoms with E-state index in [0.29, 0.717) is 0 Å². The van der Waals surface area contributed by atoms with Gasteiger partial charge in [-0.05, 0) is 12.1 Å². The summed E-state index contributed by atoms with van der Waals surface area (Å²) in [6.07, 6.45) is -1.39. The molecule has 0 radical (unpaired) electrons. The molecule has 0 unspecified atom stereocenters. The normalized spacial score (nSPS) is 9.09. The lowest BCUT2D eigenvalue weighted by Crippen LogP contribution is -2.02. The first kappa shape index (κ1) is 7.40. The third kappa shape index (κ3) is 2.17. The van der Waals surface area contributed by atoms with Crippen LogP contribution >= 0.6 is 0 Å². The van der Waals surface area contributed by atoms with Gasteiger partial charge in [-0.25, -0.2) is 4.79 Å². The summed E-state index contributed by atoms with van der Waals surface area (Å²) < 4.78 is 4.25. The summed E-state index contributed by atoms with van der Waals surface area (Å²) in [6.45, 7) is 0. The van der Waals surface area contributed by atoms with E-state index in [-0.39, 0.29) is 11.5 Å². The van der Waals surface area contributed by atoms with Crippen LogP contribution in [0.25, 0.3) is 0 Å². The lowest BCUT2D eigenvalue weighted by Gasteiger charge is -2.04. The van der Waals surface area contributed by atoms with Crippen LogP contribution in [0.3, 0.4) is 0 Å². The molecule has 0 aliphatic rings. The fourth-order valence-corrected chi connectivity index (χ4v) is 0.609. The summed E-state index contributed by atoms with van der Waals surface area (Å²) in [5.41, 5.74) is 0. The van der Waals surface area contributed by atoms with Gasteiger partial charge in [0.15, 0.2) is 0 Å². The maximum Gasteiger partial charge on any atom is 0.511 e. The van der Waals surface area contributed by atoms with E-state index in [1.165, 1.54) is 24.3 Å². The first-order chi connectivity index (χ1) is 5.18. The minimum Gasteiger partial charge on any atom is -0.872 e. The lowest BCUT2D eigenvalue weighted by atomic mass is 10.3. The maximum atomic E-state index is 10.5. The smallest absolute Gasteiger partial charge is 0.511 e. The second kappa shape index (κ2) is 2.92. The van der Waals surface area contributed by atoms with Crippen LogP contribution in [-0.2, 0) is 0 Å². The van der Waals surface area contributed by atoms with E-state index in [9.17, 15) is 9.90 Å². The Balaban J connectivity index is 2.74. The molecule has 0 saturated heterocycles. The van der Waals surface area contributed by atoms with Gasteiger partial charge in [-0.15, -0.1) is 5.75 Å². The Hall–Kier alpha value is -1.71. The molecule has 0 spiro atoms. The summed E-state index contributed by atoms with van der Waals surface area (Å²) >= 11 is 0. The summed E-state index contributed by atoms with van der Waals surface area (Å²) in [4.78, 5) is 9.95. The first-order valence-corrected chi connectivity index (χ1v) is 2.86. The largest absolute Gasteiger partial charge is 0.872 e. The molecule has 0 aromatic heterocycles. The van der Waals surface area contributed by atoms with Gasteiger partial charge in [-0.3, -0.25) is 0 Å². The third-order valence-corrected chi connectivity index (χ3v) is 1.03. The predicted octanol–water partition coefficient (Wildman–Crippen LogP) is 0.817. The van der Waals surface area contributed by atoms with Crippen LogP contribution < -0.4 is 9.84 Å². The molecule has 11 heavy (non-hydrogen) atoms. The molecule has 0 aliphatic carbocycles.